The number of ether oxygens (including phenoxy) is 3. The number of nitrogens with one attached hydrogen (secondary N) is 1. The minimum Gasteiger partial charge on any atom is -0.484 e. The number of alkyl halides is 3. The number of carbonyl (C=O) groups is 3. The Bertz CT molecular complexity index is 962. The van der Waals surface area contributed by atoms with E-state index in [0.29, 0.717) is 6.42 Å². The number of rotatable bonds is 9. The number of benzene rings is 1. The number of hydrogen-bond acceptors (Lipinski definition) is 6. The molecule has 3 rings (SSSR count). The Hall–Kier alpha value is -2.84. The molecule has 0 aliphatic carbocycles. The molecular formula is C21H24ClF4N3O7. The van der Waals surface area contributed by atoms with E-state index in [4.69, 9.17) is 21.1 Å². The fourth-order valence-electron chi connectivity index (χ4n) is 3.85. The van der Waals surface area contributed by atoms with Crippen LogP contribution in [-0.2, 0) is 19.1 Å². The van der Waals surface area contributed by atoms with Gasteiger partial charge in [-0.1, -0.05) is 11.6 Å². The van der Waals surface area contributed by atoms with E-state index in [0.717, 1.165) is 11.0 Å². The van der Waals surface area contributed by atoms with Crippen LogP contribution in [0.3, 0.4) is 0 Å². The molecule has 1 aromatic rings. The van der Waals surface area contributed by atoms with E-state index in [1.165, 1.54) is 17.0 Å². The molecule has 0 bridgehead atoms. The van der Waals surface area contributed by atoms with Gasteiger partial charge in [0.15, 0.2) is 6.61 Å². The van der Waals surface area contributed by atoms with Crippen molar-refractivity contribution in [3.63, 3.8) is 0 Å². The van der Waals surface area contributed by atoms with E-state index in [2.05, 4.69) is 10.1 Å². The lowest BCUT2D eigenvalue weighted by Gasteiger charge is -2.44. The maximum absolute atomic E-state index is 13.5. The summed E-state index contributed by atoms with van der Waals surface area (Å²) in [5.74, 6) is -1.60. The maximum atomic E-state index is 13.5. The second-order valence-electron chi connectivity index (χ2n) is 8.19. The van der Waals surface area contributed by atoms with Crippen molar-refractivity contribution in [3.8, 4) is 5.75 Å². The van der Waals surface area contributed by atoms with E-state index in [1.54, 1.807) is 0 Å². The Morgan fingerprint density at radius 3 is 2.50 bits per heavy atom. The van der Waals surface area contributed by atoms with Crippen molar-refractivity contribution in [1.29, 1.82) is 0 Å². The van der Waals surface area contributed by atoms with E-state index in [-0.39, 0.29) is 43.4 Å². The van der Waals surface area contributed by atoms with Gasteiger partial charge in [0.1, 0.15) is 17.6 Å². The van der Waals surface area contributed by atoms with E-state index < -0.39 is 61.5 Å². The number of halogens is 5. The summed E-state index contributed by atoms with van der Waals surface area (Å²) in [5.41, 5.74) is 0. The lowest BCUT2D eigenvalue weighted by molar-refractivity contribution is -0.328. The van der Waals surface area contributed by atoms with Crippen molar-refractivity contribution >= 4 is 29.5 Å². The normalized spacial score (nSPS) is 20.6. The van der Waals surface area contributed by atoms with Crippen molar-refractivity contribution in [2.75, 3.05) is 39.5 Å². The van der Waals surface area contributed by atoms with E-state index >= 15 is 0 Å². The molecule has 10 nitrogen and oxygen atoms in total. The topological polar surface area (TPSA) is 118 Å². The van der Waals surface area contributed by atoms with Gasteiger partial charge in [-0.05, 0) is 25.0 Å². The van der Waals surface area contributed by atoms with Gasteiger partial charge in [0, 0.05) is 31.7 Å². The van der Waals surface area contributed by atoms with Crippen LogP contribution >= 0.6 is 11.6 Å². The molecule has 2 aliphatic heterocycles. The van der Waals surface area contributed by atoms with Crippen molar-refractivity contribution in [2.24, 2.45) is 0 Å². The zero-order valence-electron chi connectivity index (χ0n) is 18.8. The summed E-state index contributed by atoms with van der Waals surface area (Å²) >= 11 is 5.59. The first-order chi connectivity index (χ1) is 16.9. The second kappa shape index (κ2) is 11.9. The first-order valence-electron chi connectivity index (χ1n) is 10.9. The number of nitrogens with zero attached hydrogens (tertiary/aromatic N) is 2. The van der Waals surface area contributed by atoms with Crippen LogP contribution in [0.2, 0.25) is 5.02 Å². The zero-order valence-corrected chi connectivity index (χ0v) is 19.6. The summed E-state index contributed by atoms with van der Waals surface area (Å²) in [6.07, 6.45) is -6.07. The third-order valence-electron chi connectivity index (χ3n) is 5.60. The highest BCUT2D eigenvalue weighted by atomic mass is 35.5. The molecule has 1 aromatic carbocycles. The van der Waals surface area contributed by atoms with Crippen LogP contribution in [0, 0.1) is 5.82 Å². The van der Waals surface area contributed by atoms with Gasteiger partial charge < -0.3 is 24.8 Å². The highest BCUT2D eigenvalue weighted by Crippen LogP contribution is 2.24. The Balaban J connectivity index is 1.42. The highest BCUT2D eigenvalue weighted by molar-refractivity contribution is 6.30. The molecule has 0 radical (unpaired) electrons. The quantitative estimate of drug-likeness (QED) is 0.364. The van der Waals surface area contributed by atoms with Crippen molar-refractivity contribution in [1.82, 2.24) is 15.1 Å². The summed E-state index contributed by atoms with van der Waals surface area (Å²) in [5, 5.41) is 12.1. The summed E-state index contributed by atoms with van der Waals surface area (Å²) in [7, 11) is 0. The number of likely N-dealkylation sites (tertiary alicyclic amines) is 2. The van der Waals surface area contributed by atoms with E-state index in [9.17, 15) is 37.1 Å². The number of piperidine rings is 1. The number of carboxylic acid groups (broad SMARTS) is 1. The molecule has 2 fully saturated rings. The molecule has 0 spiro atoms. The smallest absolute Gasteiger partial charge is 0.484 e. The molecule has 2 atom stereocenters. The molecular weight excluding hydrogens is 518 g/mol. The van der Waals surface area contributed by atoms with Crippen LogP contribution in [0.4, 0.5) is 22.4 Å². The summed E-state index contributed by atoms with van der Waals surface area (Å²) in [6.45, 7) is -1.28. The fourth-order valence-corrected chi connectivity index (χ4v) is 3.97. The molecule has 3 amide bonds. The Morgan fingerprint density at radius 1 is 1.14 bits per heavy atom. The van der Waals surface area contributed by atoms with Crippen LogP contribution in [0.5, 0.6) is 5.75 Å². The van der Waals surface area contributed by atoms with Gasteiger partial charge in [-0.3, -0.25) is 19.2 Å². The van der Waals surface area contributed by atoms with Crippen LogP contribution in [-0.4, -0.2) is 96.8 Å². The van der Waals surface area contributed by atoms with Crippen molar-refractivity contribution in [2.45, 2.75) is 37.4 Å². The predicted octanol–water partition coefficient (Wildman–Crippen LogP) is 2.25. The average Bonchev–Trinajstić information content (AvgIpc) is 2.77. The average molecular weight is 542 g/mol. The molecule has 0 unspecified atom stereocenters. The minimum absolute atomic E-state index is 0.0938. The van der Waals surface area contributed by atoms with Gasteiger partial charge >= 0.3 is 12.5 Å². The van der Waals surface area contributed by atoms with Gasteiger partial charge in [0.25, 0.3) is 5.91 Å². The Morgan fingerprint density at radius 2 is 1.86 bits per heavy atom. The van der Waals surface area contributed by atoms with Gasteiger partial charge in [0.05, 0.1) is 24.3 Å². The third-order valence-corrected chi connectivity index (χ3v) is 5.91. The number of hydrogen-bond donors (Lipinski definition) is 2. The van der Waals surface area contributed by atoms with Gasteiger partial charge in [-0.25, -0.2) is 9.18 Å². The first kappa shape index (κ1) is 27.7. The van der Waals surface area contributed by atoms with Gasteiger partial charge in [-0.2, -0.15) is 0 Å². The lowest BCUT2D eigenvalue weighted by Crippen LogP contribution is -2.63. The number of amides is 3. The largest absolute Gasteiger partial charge is 0.522 e. The fraction of sp³-hybridized carbons (Fsp3) is 0.571. The van der Waals surface area contributed by atoms with Crippen molar-refractivity contribution < 1.29 is 51.3 Å². The summed E-state index contributed by atoms with van der Waals surface area (Å²) < 4.78 is 63.4. The molecule has 2 N–H and O–H groups in total. The Labute approximate surface area is 208 Å². The summed E-state index contributed by atoms with van der Waals surface area (Å²) in [4.78, 5) is 39.1. The van der Waals surface area contributed by atoms with E-state index in [1.807, 2.05) is 0 Å². The predicted molar refractivity (Wildman–Crippen MR) is 115 cm³/mol. The number of carbonyl (C=O) groups excluding carboxylic acids is 2. The van der Waals surface area contributed by atoms with Crippen LogP contribution in [0.25, 0.3) is 0 Å². The van der Waals surface area contributed by atoms with Crippen LogP contribution in [0.15, 0.2) is 18.2 Å². The SMILES string of the molecule is O=C(COc1ccc(Cl)c(F)c1)N[C@H]1CC[C@H](C(=O)N2CC(OCCOC(F)(F)F)C2)N(C(=O)O)C1. The monoisotopic (exact) mass is 541 g/mol. The first-order valence-corrected chi connectivity index (χ1v) is 11.3. The zero-order chi connectivity index (χ0) is 26.5. The molecule has 2 heterocycles. The molecule has 15 heteroatoms. The molecule has 0 saturated carbocycles. The molecule has 2 aliphatic rings. The maximum Gasteiger partial charge on any atom is 0.522 e. The van der Waals surface area contributed by atoms with Crippen molar-refractivity contribution in [3.05, 3.63) is 29.0 Å². The van der Waals surface area contributed by atoms with Crippen LogP contribution in [0.1, 0.15) is 12.8 Å². The minimum atomic E-state index is -4.74. The van der Waals surface area contributed by atoms with Gasteiger partial charge in [0.2, 0.25) is 5.91 Å². The molecule has 200 valence electrons. The molecule has 2 saturated heterocycles. The third kappa shape index (κ3) is 7.83. The standard InChI is InChI=1S/C21H24ClF4N3O7/c22-15-3-2-13(7-16(15)23)35-11-18(30)27-12-1-4-17(29(8-12)20(32)33)19(31)28-9-14(10-28)34-5-6-36-21(24,25)26/h2-3,7,12,14,17H,1,4-6,8-11H2,(H,27,30)(H,32,33)/t12-,17+/m0/s1. The van der Waals surface area contributed by atoms with Gasteiger partial charge in [-0.15, -0.1) is 13.2 Å². The second-order valence-corrected chi connectivity index (χ2v) is 8.59. The van der Waals surface area contributed by atoms with Crippen LogP contribution < -0.4 is 10.1 Å². The summed E-state index contributed by atoms with van der Waals surface area (Å²) in [6, 6.07) is 2.17. The molecule has 0 aromatic heterocycles. The lowest BCUT2D eigenvalue weighted by atomic mass is 9.96. The highest BCUT2D eigenvalue weighted by Gasteiger charge is 2.42. The molecule has 36 heavy (non-hydrogen) atoms. The Kier molecular flexibility index (Phi) is 9.19.